The average molecular weight is 369 g/mol. The summed E-state index contributed by atoms with van der Waals surface area (Å²) < 4.78 is 40.0. The highest BCUT2D eigenvalue weighted by Crippen LogP contribution is 2.22. The number of benzene rings is 1. The maximum Gasteiger partial charge on any atom is 0.246 e. The van der Waals surface area contributed by atoms with Crippen LogP contribution in [0, 0.1) is 5.82 Å². The van der Waals surface area contributed by atoms with Crippen molar-refractivity contribution in [3.63, 3.8) is 0 Å². The van der Waals surface area contributed by atoms with Crippen LogP contribution < -0.4 is 5.73 Å². The van der Waals surface area contributed by atoms with E-state index in [2.05, 4.69) is 15.9 Å². The zero-order valence-corrected chi connectivity index (χ0v) is 13.5. The lowest BCUT2D eigenvalue weighted by Crippen LogP contribution is -2.38. The fourth-order valence-corrected chi connectivity index (χ4v) is 3.66. The van der Waals surface area contributed by atoms with Crippen molar-refractivity contribution in [1.82, 2.24) is 4.31 Å². The van der Waals surface area contributed by atoms with E-state index in [1.807, 2.05) is 6.92 Å². The average Bonchev–Trinajstić information content (AvgIpc) is 2.27. The molecule has 2 N–H and O–H groups in total. The Morgan fingerprint density at radius 2 is 2.16 bits per heavy atom. The van der Waals surface area contributed by atoms with Crippen LogP contribution in [0.3, 0.4) is 0 Å². The van der Waals surface area contributed by atoms with Gasteiger partial charge in [-0.05, 0) is 24.6 Å². The zero-order chi connectivity index (χ0) is 14.6. The molecule has 0 bridgehead atoms. The molecule has 0 atom stereocenters. The molecule has 0 unspecified atom stereocenters. The van der Waals surface area contributed by atoms with E-state index >= 15 is 0 Å². The Kier molecular flexibility index (Phi) is 5.84. The van der Waals surface area contributed by atoms with Gasteiger partial charge in [0.15, 0.2) is 0 Å². The molecule has 0 heterocycles. The number of hydrogen-bond donors (Lipinski definition) is 1. The summed E-state index contributed by atoms with van der Waals surface area (Å²) in [5, 5.41) is 0. The molecule has 0 radical (unpaired) electrons. The Morgan fingerprint density at radius 3 is 2.63 bits per heavy atom. The zero-order valence-electron chi connectivity index (χ0n) is 10.3. The van der Waals surface area contributed by atoms with Crippen molar-refractivity contribution >= 4 is 43.2 Å². The lowest BCUT2D eigenvalue weighted by atomic mass is 10.3. The summed E-state index contributed by atoms with van der Waals surface area (Å²) in [6.45, 7) is 1.95. The second kappa shape index (κ2) is 6.74. The van der Waals surface area contributed by atoms with E-state index in [0.717, 1.165) is 10.4 Å². The number of rotatable bonds is 6. The Labute approximate surface area is 126 Å². The van der Waals surface area contributed by atoms with Crippen LogP contribution in [0.1, 0.15) is 13.3 Å². The Balaban J connectivity index is 3.22. The SMILES string of the molecule is CCCN(CC(N)=S)S(=O)(=O)c1ccc(Br)cc1F. The summed E-state index contributed by atoms with van der Waals surface area (Å²) in [5.74, 6) is -0.807. The van der Waals surface area contributed by atoms with Gasteiger partial charge in [0.05, 0.1) is 11.5 Å². The van der Waals surface area contributed by atoms with Crippen molar-refractivity contribution in [2.75, 3.05) is 13.1 Å². The molecular formula is C11H14BrFN2O2S2. The van der Waals surface area contributed by atoms with Crippen LogP contribution in [0.2, 0.25) is 0 Å². The largest absolute Gasteiger partial charge is 0.392 e. The van der Waals surface area contributed by atoms with Gasteiger partial charge < -0.3 is 5.73 Å². The van der Waals surface area contributed by atoms with E-state index in [4.69, 9.17) is 18.0 Å². The lowest BCUT2D eigenvalue weighted by Gasteiger charge is -2.21. The summed E-state index contributed by atoms with van der Waals surface area (Å²) in [5.41, 5.74) is 5.38. The number of nitrogens with zero attached hydrogens (tertiary/aromatic N) is 1. The topological polar surface area (TPSA) is 63.4 Å². The number of thiocarbonyl (C=S) groups is 1. The van der Waals surface area contributed by atoms with Crippen LogP contribution in [-0.4, -0.2) is 30.8 Å². The molecule has 0 aliphatic heterocycles. The molecule has 1 aromatic rings. The molecule has 1 aromatic carbocycles. The van der Waals surface area contributed by atoms with Gasteiger partial charge in [-0.25, -0.2) is 12.8 Å². The maximum absolute atomic E-state index is 13.8. The molecule has 0 aliphatic carbocycles. The molecule has 0 amide bonds. The number of sulfonamides is 1. The van der Waals surface area contributed by atoms with Crippen molar-refractivity contribution in [1.29, 1.82) is 0 Å². The summed E-state index contributed by atoms with van der Waals surface area (Å²) >= 11 is 7.81. The van der Waals surface area contributed by atoms with Crippen molar-refractivity contribution in [2.45, 2.75) is 18.2 Å². The van der Waals surface area contributed by atoms with Crippen LogP contribution in [-0.2, 0) is 10.0 Å². The van der Waals surface area contributed by atoms with Crippen LogP contribution in [0.15, 0.2) is 27.6 Å². The van der Waals surface area contributed by atoms with Gasteiger partial charge in [-0.1, -0.05) is 35.1 Å². The van der Waals surface area contributed by atoms with Gasteiger partial charge in [0, 0.05) is 11.0 Å². The van der Waals surface area contributed by atoms with Gasteiger partial charge in [0.1, 0.15) is 10.7 Å². The lowest BCUT2D eigenvalue weighted by molar-refractivity contribution is 0.444. The quantitative estimate of drug-likeness (QED) is 0.782. The van der Waals surface area contributed by atoms with Gasteiger partial charge in [-0.2, -0.15) is 4.31 Å². The van der Waals surface area contributed by atoms with Gasteiger partial charge in [-0.15, -0.1) is 0 Å². The van der Waals surface area contributed by atoms with Crippen molar-refractivity contribution in [3.05, 3.63) is 28.5 Å². The maximum atomic E-state index is 13.8. The van der Waals surface area contributed by atoms with Crippen molar-refractivity contribution < 1.29 is 12.8 Å². The third-order valence-electron chi connectivity index (χ3n) is 2.32. The monoisotopic (exact) mass is 368 g/mol. The highest BCUT2D eigenvalue weighted by atomic mass is 79.9. The molecule has 8 heteroatoms. The smallest absolute Gasteiger partial charge is 0.246 e. The third kappa shape index (κ3) is 4.20. The third-order valence-corrected chi connectivity index (χ3v) is 4.82. The minimum atomic E-state index is -3.94. The van der Waals surface area contributed by atoms with Gasteiger partial charge >= 0.3 is 0 Å². The number of halogens is 2. The predicted molar refractivity (Wildman–Crippen MR) is 79.9 cm³/mol. The molecule has 4 nitrogen and oxygen atoms in total. The first-order valence-corrected chi connectivity index (χ1v) is 8.16. The summed E-state index contributed by atoms with van der Waals surface area (Å²) in [6, 6.07) is 3.80. The first kappa shape index (κ1) is 16.5. The Hall–Kier alpha value is -0.570. The van der Waals surface area contributed by atoms with E-state index in [1.54, 1.807) is 0 Å². The molecule has 1 rings (SSSR count). The second-order valence-electron chi connectivity index (χ2n) is 3.88. The van der Waals surface area contributed by atoms with E-state index in [-0.39, 0.29) is 23.0 Å². The minimum absolute atomic E-state index is 0.0505. The highest BCUT2D eigenvalue weighted by Gasteiger charge is 2.27. The van der Waals surface area contributed by atoms with E-state index in [1.165, 1.54) is 12.1 Å². The molecule has 0 aromatic heterocycles. The van der Waals surface area contributed by atoms with Gasteiger partial charge in [0.25, 0.3) is 0 Å². The summed E-state index contributed by atoms with van der Waals surface area (Å²) in [7, 11) is -3.94. The summed E-state index contributed by atoms with van der Waals surface area (Å²) in [4.78, 5) is -0.324. The molecule has 0 saturated carbocycles. The van der Waals surface area contributed by atoms with Crippen LogP contribution in [0.25, 0.3) is 0 Å². The fourth-order valence-electron chi connectivity index (χ4n) is 1.53. The molecule has 0 spiro atoms. The van der Waals surface area contributed by atoms with E-state index < -0.39 is 15.8 Å². The van der Waals surface area contributed by atoms with E-state index in [0.29, 0.717) is 10.9 Å². The normalized spacial score (nSPS) is 11.8. The second-order valence-corrected chi connectivity index (χ2v) is 7.23. The highest BCUT2D eigenvalue weighted by molar-refractivity contribution is 9.10. The molecule has 106 valence electrons. The molecule has 0 fully saturated rings. The number of hydrogen-bond acceptors (Lipinski definition) is 3. The van der Waals surface area contributed by atoms with E-state index in [9.17, 15) is 12.8 Å². The first-order valence-electron chi connectivity index (χ1n) is 5.52. The minimum Gasteiger partial charge on any atom is -0.392 e. The standard InChI is InChI=1S/C11H14BrFN2O2S2/c1-2-5-15(7-11(14)18)19(16,17)10-4-3-8(12)6-9(10)13/h3-4,6H,2,5,7H2,1H3,(H2,14,18). The van der Waals surface area contributed by atoms with Crippen LogP contribution in [0.5, 0.6) is 0 Å². The molecule has 0 saturated heterocycles. The van der Waals surface area contributed by atoms with Gasteiger partial charge in [-0.3, -0.25) is 0 Å². The summed E-state index contributed by atoms with van der Waals surface area (Å²) in [6.07, 6.45) is 0.583. The molecule has 19 heavy (non-hydrogen) atoms. The predicted octanol–water partition coefficient (Wildman–Crippen LogP) is 2.28. The van der Waals surface area contributed by atoms with Crippen molar-refractivity contribution in [2.24, 2.45) is 5.73 Å². The van der Waals surface area contributed by atoms with Crippen LogP contribution >= 0.6 is 28.1 Å². The Bertz CT molecular complexity index is 578. The van der Waals surface area contributed by atoms with Gasteiger partial charge in [0.2, 0.25) is 10.0 Å². The molecular weight excluding hydrogens is 355 g/mol. The number of nitrogens with two attached hydrogens (primary N) is 1. The van der Waals surface area contributed by atoms with Crippen LogP contribution in [0.4, 0.5) is 4.39 Å². The Morgan fingerprint density at radius 1 is 1.53 bits per heavy atom. The van der Waals surface area contributed by atoms with Crippen molar-refractivity contribution in [3.8, 4) is 0 Å². The fraction of sp³-hybridized carbons (Fsp3) is 0.364. The molecule has 0 aliphatic rings. The first-order chi connectivity index (χ1) is 8.78.